The van der Waals surface area contributed by atoms with Crippen LogP contribution in [-0.2, 0) is 10.0 Å². The number of aromatic nitrogens is 1. The van der Waals surface area contributed by atoms with Gasteiger partial charge in [-0.1, -0.05) is 6.92 Å². The van der Waals surface area contributed by atoms with E-state index in [1.807, 2.05) is 0 Å². The smallest absolute Gasteiger partial charge is 0.244 e. The fourth-order valence-electron chi connectivity index (χ4n) is 1.46. The van der Waals surface area contributed by atoms with E-state index >= 15 is 0 Å². The maximum atomic E-state index is 12.2. The second-order valence-electron chi connectivity index (χ2n) is 3.60. The average Bonchev–Trinajstić information content (AvgIpc) is 2.39. The predicted molar refractivity (Wildman–Crippen MR) is 68.2 cm³/mol. The molecule has 0 amide bonds. The first-order valence-electron chi connectivity index (χ1n) is 5.60. The van der Waals surface area contributed by atoms with Gasteiger partial charge in [0, 0.05) is 25.9 Å². The van der Waals surface area contributed by atoms with Gasteiger partial charge in [-0.05, 0) is 18.6 Å². The zero-order valence-electron chi connectivity index (χ0n) is 10.2. The minimum atomic E-state index is -3.56. The highest BCUT2D eigenvalue weighted by Crippen LogP contribution is 2.16. The lowest BCUT2D eigenvalue weighted by Crippen LogP contribution is -2.32. The number of nitrogen functional groups attached to an aromatic ring is 1. The molecule has 0 atom stereocenters. The molecule has 1 heterocycles. The molecule has 1 aromatic heterocycles. The second kappa shape index (κ2) is 6.64. The van der Waals surface area contributed by atoms with E-state index in [0.29, 0.717) is 18.8 Å². The van der Waals surface area contributed by atoms with E-state index in [4.69, 9.17) is 10.9 Å². The van der Waals surface area contributed by atoms with Gasteiger partial charge in [0.15, 0.2) is 0 Å². The molecule has 7 nitrogen and oxygen atoms in total. The van der Waals surface area contributed by atoms with Crippen molar-refractivity contribution in [1.82, 2.24) is 9.29 Å². The minimum absolute atomic E-state index is 0.0414. The molecular weight excluding hydrogens is 256 g/mol. The van der Waals surface area contributed by atoms with Crippen LogP contribution in [0.15, 0.2) is 23.2 Å². The van der Waals surface area contributed by atoms with Gasteiger partial charge in [-0.15, -0.1) is 0 Å². The number of hydrogen-bond donors (Lipinski definition) is 3. The highest BCUT2D eigenvalue weighted by atomic mass is 32.2. The number of sulfonamides is 1. The number of aliphatic hydroxyl groups is 1. The lowest BCUT2D eigenvalue weighted by Gasteiger charge is -2.19. The Labute approximate surface area is 107 Å². The van der Waals surface area contributed by atoms with Crippen molar-refractivity contribution in [3.8, 4) is 0 Å². The number of nitrogens with two attached hydrogens (primary N) is 1. The number of pyridine rings is 1. The van der Waals surface area contributed by atoms with Crippen LogP contribution in [-0.4, -0.2) is 42.5 Å². The Morgan fingerprint density at radius 1 is 1.50 bits per heavy atom. The maximum Gasteiger partial charge on any atom is 0.244 e. The first-order valence-corrected chi connectivity index (χ1v) is 7.04. The van der Waals surface area contributed by atoms with Crippen molar-refractivity contribution < 1.29 is 13.5 Å². The summed E-state index contributed by atoms with van der Waals surface area (Å²) in [5.41, 5.74) is 2.33. The summed E-state index contributed by atoms with van der Waals surface area (Å²) in [5.74, 6) is 5.56. The van der Waals surface area contributed by atoms with Gasteiger partial charge in [0.2, 0.25) is 10.0 Å². The monoisotopic (exact) mass is 274 g/mol. The molecule has 18 heavy (non-hydrogen) atoms. The molecule has 0 aliphatic rings. The third kappa shape index (κ3) is 3.39. The summed E-state index contributed by atoms with van der Waals surface area (Å²) in [7, 11) is -3.56. The van der Waals surface area contributed by atoms with Crippen molar-refractivity contribution >= 4 is 15.8 Å². The maximum absolute atomic E-state index is 12.2. The van der Waals surface area contributed by atoms with Crippen molar-refractivity contribution in [3.63, 3.8) is 0 Å². The molecule has 0 unspecified atom stereocenters. The molecule has 0 aliphatic heterocycles. The van der Waals surface area contributed by atoms with Crippen LogP contribution in [0.4, 0.5) is 5.82 Å². The molecule has 4 N–H and O–H groups in total. The van der Waals surface area contributed by atoms with Crippen molar-refractivity contribution in [3.05, 3.63) is 18.3 Å². The average molecular weight is 274 g/mol. The van der Waals surface area contributed by atoms with E-state index in [1.54, 1.807) is 6.92 Å². The summed E-state index contributed by atoms with van der Waals surface area (Å²) in [6.45, 7) is 2.34. The van der Waals surface area contributed by atoms with E-state index in [-0.39, 0.29) is 18.0 Å². The topological polar surface area (TPSA) is 109 Å². The molecule has 0 aliphatic carbocycles. The zero-order valence-corrected chi connectivity index (χ0v) is 11.0. The van der Waals surface area contributed by atoms with Crippen LogP contribution in [0.3, 0.4) is 0 Å². The van der Waals surface area contributed by atoms with E-state index < -0.39 is 10.0 Å². The van der Waals surface area contributed by atoms with Gasteiger partial charge in [-0.3, -0.25) is 0 Å². The van der Waals surface area contributed by atoms with E-state index in [0.717, 1.165) is 0 Å². The quantitative estimate of drug-likeness (QED) is 0.468. The normalized spacial score (nSPS) is 11.8. The first kappa shape index (κ1) is 14.8. The molecule has 102 valence electrons. The molecule has 0 fully saturated rings. The summed E-state index contributed by atoms with van der Waals surface area (Å²) in [4.78, 5) is 3.98. The summed E-state index contributed by atoms with van der Waals surface area (Å²) < 4.78 is 25.7. The van der Waals surface area contributed by atoms with Gasteiger partial charge in [0.1, 0.15) is 10.7 Å². The Morgan fingerprint density at radius 3 is 2.67 bits per heavy atom. The van der Waals surface area contributed by atoms with Crippen LogP contribution < -0.4 is 11.3 Å². The van der Waals surface area contributed by atoms with Crippen molar-refractivity contribution in [2.45, 2.75) is 18.2 Å². The number of rotatable bonds is 7. The number of anilines is 1. The summed E-state index contributed by atoms with van der Waals surface area (Å²) >= 11 is 0. The number of hydrogen-bond acceptors (Lipinski definition) is 6. The standard InChI is InChI=1S/C10H18N4O3S/c1-2-14(6-3-7-15)18(16,17)9-4-5-10(13-11)12-8-9/h4-5,8,15H,2-3,6-7,11H2,1H3,(H,12,13). The van der Waals surface area contributed by atoms with Gasteiger partial charge < -0.3 is 10.5 Å². The molecule has 8 heteroatoms. The zero-order chi connectivity index (χ0) is 13.6. The summed E-state index contributed by atoms with van der Waals surface area (Å²) in [6, 6.07) is 2.94. The lowest BCUT2D eigenvalue weighted by molar-refractivity contribution is 0.271. The van der Waals surface area contributed by atoms with Crippen LogP contribution in [0.5, 0.6) is 0 Å². The minimum Gasteiger partial charge on any atom is -0.396 e. The largest absolute Gasteiger partial charge is 0.396 e. The molecule has 0 radical (unpaired) electrons. The molecule has 0 aromatic carbocycles. The molecule has 0 saturated carbocycles. The second-order valence-corrected chi connectivity index (χ2v) is 5.54. The summed E-state index contributed by atoms with van der Waals surface area (Å²) in [6.07, 6.45) is 1.66. The van der Waals surface area contributed by atoms with Crippen molar-refractivity contribution in [1.29, 1.82) is 0 Å². The van der Waals surface area contributed by atoms with Crippen LogP contribution in [0, 0.1) is 0 Å². The third-order valence-corrected chi connectivity index (χ3v) is 4.40. The Hall–Kier alpha value is -1.22. The first-order chi connectivity index (χ1) is 8.56. The molecule has 0 spiro atoms. The number of aliphatic hydroxyl groups excluding tert-OH is 1. The molecular formula is C10H18N4O3S. The summed E-state index contributed by atoms with van der Waals surface area (Å²) in [5, 5.41) is 8.76. The van der Waals surface area contributed by atoms with Gasteiger partial charge in [0.25, 0.3) is 0 Å². The highest BCUT2D eigenvalue weighted by Gasteiger charge is 2.22. The van der Waals surface area contributed by atoms with E-state index in [9.17, 15) is 8.42 Å². The lowest BCUT2D eigenvalue weighted by atomic mass is 10.4. The molecule has 1 aromatic rings. The number of nitrogens with one attached hydrogen (secondary N) is 1. The van der Waals surface area contributed by atoms with Gasteiger partial charge in [0.05, 0.1) is 0 Å². The van der Waals surface area contributed by atoms with Crippen molar-refractivity contribution in [2.24, 2.45) is 5.84 Å². The Balaban J connectivity index is 2.95. The van der Waals surface area contributed by atoms with E-state index in [2.05, 4.69) is 10.4 Å². The predicted octanol–water partition coefficient (Wildman–Crippen LogP) is -0.240. The number of hydrazine groups is 1. The molecule has 0 bridgehead atoms. The van der Waals surface area contributed by atoms with Crippen LogP contribution in [0.2, 0.25) is 0 Å². The Morgan fingerprint density at radius 2 is 2.22 bits per heavy atom. The van der Waals surface area contributed by atoms with Crippen LogP contribution >= 0.6 is 0 Å². The fraction of sp³-hybridized carbons (Fsp3) is 0.500. The highest BCUT2D eigenvalue weighted by molar-refractivity contribution is 7.89. The van der Waals surface area contributed by atoms with Gasteiger partial charge >= 0.3 is 0 Å². The SMILES string of the molecule is CCN(CCCO)S(=O)(=O)c1ccc(NN)nc1. The van der Waals surface area contributed by atoms with Gasteiger partial charge in [-0.2, -0.15) is 4.31 Å². The Kier molecular flexibility index (Phi) is 5.48. The number of nitrogens with zero attached hydrogens (tertiary/aromatic N) is 2. The molecule has 1 rings (SSSR count). The molecule has 0 saturated heterocycles. The fourth-order valence-corrected chi connectivity index (χ4v) is 2.90. The van der Waals surface area contributed by atoms with E-state index in [1.165, 1.54) is 22.6 Å². The third-order valence-electron chi connectivity index (χ3n) is 2.44. The van der Waals surface area contributed by atoms with Crippen LogP contribution in [0.25, 0.3) is 0 Å². The van der Waals surface area contributed by atoms with Crippen LogP contribution in [0.1, 0.15) is 13.3 Å². The Bertz CT molecular complexity index is 461. The van der Waals surface area contributed by atoms with Crippen molar-refractivity contribution in [2.75, 3.05) is 25.1 Å². The van der Waals surface area contributed by atoms with Gasteiger partial charge in [-0.25, -0.2) is 19.2 Å².